The lowest BCUT2D eigenvalue weighted by Crippen LogP contribution is -2.47. The Labute approximate surface area is 385 Å². The lowest BCUT2D eigenvalue weighted by Gasteiger charge is -2.32. The smallest absolute Gasteiger partial charge is 0.226 e. The number of aromatic hydroxyl groups is 2. The Balaban J connectivity index is 1.48. The SMILES string of the molecule is CC(=O)[C@@H](C)N(C)C(=O)[C@H](C)CC(=O)[C@@H]1Cc2ccc(O)c(c2)-c2cc(ccc2O)[C@H](N(C)C(=O)[C@H](CCCCN)CC(=O)c2ccc(-c3ccc(Cl)cc3)cc2)C(=O)C[C@@H](C)C(=O)N1. The number of benzene rings is 4. The van der Waals surface area contributed by atoms with E-state index in [0.29, 0.717) is 47.5 Å². The van der Waals surface area contributed by atoms with Crippen LogP contribution < -0.4 is 11.1 Å². The summed E-state index contributed by atoms with van der Waals surface area (Å²) in [6.07, 6.45) is 0.628. The highest BCUT2D eigenvalue weighted by Crippen LogP contribution is 2.40. The van der Waals surface area contributed by atoms with Gasteiger partial charge in [-0.15, -0.1) is 0 Å². The van der Waals surface area contributed by atoms with Crippen LogP contribution in [0.2, 0.25) is 5.02 Å². The summed E-state index contributed by atoms with van der Waals surface area (Å²) in [6, 6.07) is 20.2. The average molecular weight is 908 g/mol. The van der Waals surface area contributed by atoms with Gasteiger partial charge in [-0.3, -0.25) is 33.6 Å². The number of carbonyl (C=O) groups is 7. The molecule has 5 N–H and O–H groups in total. The number of carbonyl (C=O) groups excluding carboxylic acids is 7. The molecule has 13 nitrogen and oxygen atoms in total. The van der Waals surface area contributed by atoms with Crippen LogP contribution in [0.1, 0.15) is 93.7 Å². The van der Waals surface area contributed by atoms with E-state index in [1.165, 1.54) is 62.0 Å². The number of phenols is 2. The number of nitrogens with one attached hydrogen (secondary N) is 1. The molecule has 4 bridgehead atoms. The van der Waals surface area contributed by atoms with Crippen LogP contribution >= 0.6 is 11.6 Å². The number of ketones is 4. The van der Waals surface area contributed by atoms with E-state index in [1.807, 2.05) is 24.3 Å². The van der Waals surface area contributed by atoms with Gasteiger partial charge in [-0.25, -0.2) is 0 Å². The van der Waals surface area contributed by atoms with Crippen molar-refractivity contribution in [1.29, 1.82) is 0 Å². The molecule has 6 atom stereocenters. The monoisotopic (exact) mass is 906 g/mol. The van der Waals surface area contributed by atoms with Crippen molar-refractivity contribution in [3.8, 4) is 33.8 Å². The van der Waals surface area contributed by atoms with Crippen LogP contribution in [0, 0.1) is 17.8 Å². The fraction of sp³-hybridized carbons (Fsp3) is 0.392. The first-order valence-electron chi connectivity index (χ1n) is 21.9. The van der Waals surface area contributed by atoms with Gasteiger partial charge in [0.05, 0.1) is 12.1 Å². The molecule has 0 saturated heterocycles. The molecule has 0 spiro atoms. The highest BCUT2D eigenvalue weighted by atomic mass is 35.5. The molecular formula is C51H59ClN4O9. The quantitative estimate of drug-likeness (QED) is 0.0654. The second-order valence-corrected chi connectivity index (χ2v) is 17.8. The molecular weight excluding hydrogens is 848 g/mol. The molecule has 3 amide bonds. The summed E-state index contributed by atoms with van der Waals surface area (Å²) in [5.41, 5.74) is 9.15. The van der Waals surface area contributed by atoms with Crippen molar-refractivity contribution in [3.63, 3.8) is 0 Å². The van der Waals surface area contributed by atoms with Crippen LogP contribution in [0.15, 0.2) is 84.9 Å². The number of nitrogens with two attached hydrogens (primary N) is 1. The number of halogens is 1. The van der Waals surface area contributed by atoms with Gasteiger partial charge in [-0.05, 0) is 98.3 Å². The van der Waals surface area contributed by atoms with E-state index < -0.39 is 65.2 Å². The van der Waals surface area contributed by atoms with Crippen LogP contribution in [0.25, 0.3) is 22.3 Å². The summed E-state index contributed by atoms with van der Waals surface area (Å²) in [4.78, 5) is 98.9. The van der Waals surface area contributed by atoms with Crippen molar-refractivity contribution in [2.24, 2.45) is 23.5 Å². The molecule has 4 aromatic carbocycles. The number of phenolic OH excluding ortho intramolecular Hbond substituents is 2. The minimum absolute atomic E-state index is 0.0454. The van der Waals surface area contributed by atoms with Gasteiger partial charge in [0.25, 0.3) is 0 Å². The number of Topliss-reactive ketones (excluding diaryl/α,β-unsaturated/α-hetero) is 4. The van der Waals surface area contributed by atoms with E-state index in [0.717, 1.165) is 11.1 Å². The predicted molar refractivity (Wildman–Crippen MR) is 249 cm³/mol. The number of hydrogen-bond donors (Lipinski definition) is 4. The highest BCUT2D eigenvalue weighted by molar-refractivity contribution is 6.30. The molecule has 1 heterocycles. The van der Waals surface area contributed by atoms with Gasteiger partial charge >= 0.3 is 0 Å². The van der Waals surface area contributed by atoms with Crippen LogP contribution in [0.4, 0.5) is 0 Å². The number of fused-ring (bicyclic) bond motifs is 5. The summed E-state index contributed by atoms with van der Waals surface area (Å²) in [5.74, 6) is -6.11. The first-order valence-corrected chi connectivity index (χ1v) is 22.3. The molecule has 0 saturated carbocycles. The number of hydrogen-bond acceptors (Lipinski definition) is 10. The molecule has 4 aromatic rings. The van der Waals surface area contributed by atoms with E-state index in [2.05, 4.69) is 5.32 Å². The average Bonchev–Trinajstić information content (AvgIpc) is 3.28. The Bertz CT molecular complexity index is 2420. The Morgan fingerprint density at radius 2 is 1.40 bits per heavy atom. The van der Waals surface area contributed by atoms with E-state index in [-0.39, 0.29) is 59.9 Å². The maximum absolute atomic E-state index is 14.7. The Hall–Kier alpha value is -6.18. The van der Waals surface area contributed by atoms with Gasteiger partial charge in [0, 0.05) is 72.8 Å². The third-order valence-electron chi connectivity index (χ3n) is 12.4. The molecule has 1 aliphatic heterocycles. The Kier molecular flexibility index (Phi) is 17.0. The topological polar surface area (TPSA) is 204 Å². The lowest BCUT2D eigenvalue weighted by molar-refractivity contribution is -0.142. The number of likely N-dealkylation sites (N-methyl/N-ethyl adjacent to an activating group) is 2. The van der Waals surface area contributed by atoms with Crippen molar-refractivity contribution in [2.75, 3.05) is 20.6 Å². The molecule has 5 rings (SSSR count). The van der Waals surface area contributed by atoms with Crippen molar-refractivity contribution in [1.82, 2.24) is 15.1 Å². The summed E-state index contributed by atoms with van der Waals surface area (Å²) in [7, 11) is 2.96. The Morgan fingerprint density at radius 3 is 2.02 bits per heavy atom. The number of rotatable bonds is 16. The summed E-state index contributed by atoms with van der Waals surface area (Å²) in [6.45, 7) is 6.45. The van der Waals surface area contributed by atoms with E-state index >= 15 is 0 Å². The van der Waals surface area contributed by atoms with Crippen molar-refractivity contribution in [3.05, 3.63) is 107 Å². The second-order valence-electron chi connectivity index (χ2n) is 17.3. The minimum atomic E-state index is -1.30. The largest absolute Gasteiger partial charge is 0.507 e. The summed E-state index contributed by atoms with van der Waals surface area (Å²) < 4.78 is 0. The summed E-state index contributed by atoms with van der Waals surface area (Å²) in [5, 5.41) is 25.8. The number of unbranched alkanes of at least 4 members (excludes halogenated alkanes) is 1. The fourth-order valence-electron chi connectivity index (χ4n) is 8.23. The van der Waals surface area contributed by atoms with Crippen molar-refractivity contribution in [2.45, 2.75) is 90.8 Å². The molecule has 1 aliphatic rings. The van der Waals surface area contributed by atoms with Crippen molar-refractivity contribution >= 4 is 52.5 Å². The van der Waals surface area contributed by atoms with Gasteiger partial charge < -0.3 is 31.1 Å². The van der Waals surface area contributed by atoms with Gasteiger partial charge in [0.2, 0.25) is 17.7 Å². The van der Waals surface area contributed by atoms with Crippen LogP contribution in [-0.2, 0) is 35.2 Å². The molecule has 0 aliphatic carbocycles. The second kappa shape index (κ2) is 22.1. The van der Waals surface area contributed by atoms with Gasteiger partial charge in [0.15, 0.2) is 23.1 Å². The molecule has 344 valence electrons. The zero-order chi connectivity index (χ0) is 47.7. The molecule has 0 radical (unpaired) electrons. The Morgan fingerprint density at radius 1 is 0.800 bits per heavy atom. The van der Waals surface area contributed by atoms with E-state index in [4.69, 9.17) is 17.3 Å². The first-order chi connectivity index (χ1) is 30.8. The third-order valence-corrected chi connectivity index (χ3v) is 12.7. The maximum atomic E-state index is 14.7. The maximum Gasteiger partial charge on any atom is 0.226 e. The summed E-state index contributed by atoms with van der Waals surface area (Å²) >= 11 is 6.06. The highest BCUT2D eigenvalue weighted by Gasteiger charge is 2.37. The standard InChI is InChI=1S/C51H59ClN4O9/c1-29-23-47(62)48(56(6)51(65)38(9-7-8-22-53)28-45(60)36-13-11-34(12-14-36)35-15-18-39(52)19-16-35)37-17-21-44(59)41(27-37)40-25-33(10-20-43(40)58)26-42(54-49(29)63)46(61)24-30(2)50(64)55(5)31(3)32(4)57/h10-21,25,27,29-31,38,42,48,58-59H,7-9,22-24,26,28,53H2,1-6H3,(H,54,63)/t29-,30-,31-,38-,42+,48+/m1/s1. The zero-order valence-electron chi connectivity index (χ0n) is 37.8. The lowest BCUT2D eigenvalue weighted by atomic mass is 9.87. The van der Waals surface area contributed by atoms with Crippen LogP contribution in [-0.4, -0.2) is 93.6 Å². The van der Waals surface area contributed by atoms with Crippen LogP contribution in [0.5, 0.6) is 11.5 Å². The number of amides is 3. The minimum Gasteiger partial charge on any atom is -0.507 e. The van der Waals surface area contributed by atoms with E-state index in [1.54, 1.807) is 50.2 Å². The fourth-order valence-corrected chi connectivity index (χ4v) is 8.36. The predicted octanol–water partition coefficient (Wildman–Crippen LogP) is 7.27. The molecule has 0 fully saturated rings. The van der Waals surface area contributed by atoms with Gasteiger partial charge in [-0.1, -0.05) is 80.4 Å². The number of nitrogens with zero attached hydrogens (tertiary/aromatic N) is 2. The zero-order valence-corrected chi connectivity index (χ0v) is 38.6. The first kappa shape index (κ1) is 49.8. The van der Waals surface area contributed by atoms with Gasteiger partial charge in [-0.2, -0.15) is 0 Å². The van der Waals surface area contributed by atoms with Crippen molar-refractivity contribution < 1.29 is 43.8 Å². The molecule has 0 aromatic heterocycles. The normalized spacial score (nSPS) is 17.8. The van der Waals surface area contributed by atoms with Crippen LogP contribution in [0.3, 0.4) is 0 Å². The van der Waals surface area contributed by atoms with E-state index in [9.17, 15) is 43.8 Å². The molecule has 65 heavy (non-hydrogen) atoms. The third kappa shape index (κ3) is 12.3. The molecule has 14 heteroatoms. The van der Waals surface area contributed by atoms with Gasteiger partial charge in [0.1, 0.15) is 17.5 Å². The molecule has 0 unspecified atom stereocenters.